The standard InChI is InChI=1S/C18H24N2O3/c1-3-20(4-2)18(22)14-19(13-16-9-7-11-23-16)12-15-8-5-6-10-17(15)21/h5-11,21H,3-4,12-14H2,1-2H3. The summed E-state index contributed by atoms with van der Waals surface area (Å²) in [7, 11) is 0. The molecule has 1 amide bonds. The molecule has 1 N–H and O–H groups in total. The maximum Gasteiger partial charge on any atom is 0.236 e. The number of amides is 1. The highest BCUT2D eigenvalue weighted by Gasteiger charge is 2.17. The second-order valence-corrected chi connectivity index (χ2v) is 5.42. The van der Waals surface area contributed by atoms with Gasteiger partial charge in [0.25, 0.3) is 0 Å². The van der Waals surface area contributed by atoms with Crippen LogP contribution in [-0.2, 0) is 17.9 Å². The fraction of sp³-hybridized carbons (Fsp3) is 0.389. The molecule has 0 bridgehead atoms. The van der Waals surface area contributed by atoms with E-state index in [-0.39, 0.29) is 18.2 Å². The minimum absolute atomic E-state index is 0.0805. The summed E-state index contributed by atoms with van der Waals surface area (Å²) in [6.45, 7) is 6.63. The minimum Gasteiger partial charge on any atom is -0.508 e. The Hall–Kier alpha value is -2.27. The van der Waals surface area contributed by atoms with Crippen LogP contribution < -0.4 is 0 Å². The number of carbonyl (C=O) groups is 1. The van der Waals surface area contributed by atoms with Crippen LogP contribution in [0.4, 0.5) is 0 Å². The van der Waals surface area contributed by atoms with Crippen molar-refractivity contribution in [2.24, 2.45) is 0 Å². The monoisotopic (exact) mass is 316 g/mol. The Kier molecular flexibility index (Phi) is 6.23. The number of phenols is 1. The predicted molar refractivity (Wildman–Crippen MR) is 88.9 cm³/mol. The van der Waals surface area contributed by atoms with Gasteiger partial charge in [0.2, 0.25) is 5.91 Å². The molecule has 1 aromatic carbocycles. The Morgan fingerprint density at radius 2 is 1.83 bits per heavy atom. The number of carbonyl (C=O) groups excluding carboxylic acids is 1. The van der Waals surface area contributed by atoms with Crippen LogP contribution in [0.5, 0.6) is 5.75 Å². The zero-order valence-electron chi connectivity index (χ0n) is 13.7. The molecule has 1 heterocycles. The molecular formula is C18H24N2O3. The third-order valence-corrected chi connectivity index (χ3v) is 3.82. The van der Waals surface area contributed by atoms with Gasteiger partial charge in [0.1, 0.15) is 11.5 Å². The number of likely N-dealkylation sites (N-methyl/N-ethyl adjacent to an activating group) is 1. The van der Waals surface area contributed by atoms with E-state index in [0.717, 1.165) is 11.3 Å². The molecule has 0 atom stereocenters. The van der Waals surface area contributed by atoms with Crippen molar-refractivity contribution in [2.75, 3.05) is 19.6 Å². The molecule has 0 aliphatic rings. The smallest absolute Gasteiger partial charge is 0.236 e. The third kappa shape index (κ3) is 4.86. The van der Waals surface area contributed by atoms with Crippen molar-refractivity contribution >= 4 is 5.91 Å². The van der Waals surface area contributed by atoms with Gasteiger partial charge in [-0.1, -0.05) is 18.2 Å². The molecule has 23 heavy (non-hydrogen) atoms. The van der Waals surface area contributed by atoms with Crippen LogP contribution in [0.3, 0.4) is 0 Å². The van der Waals surface area contributed by atoms with Gasteiger partial charge in [-0.2, -0.15) is 0 Å². The highest BCUT2D eigenvalue weighted by Crippen LogP contribution is 2.19. The van der Waals surface area contributed by atoms with Crippen molar-refractivity contribution in [1.29, 1.82) is 0 Å². The lowest BCUT2D eigenvalue weighted by atomic mass is 10.2. The second kappa shape index (κ2) is 8.39. The van der Waals surface area contributed by atoms with Crippen molar-refractivity contribution in [2.45, 2.75) is 26.9 Å². The van der Waals surface area contributed by atoms with Crippen LogP contribution in [0.2, 0.25) is 0 Å². The van der Waals surface area contributed by atoms with Gasteiger partial charge in [-0.05, 0) is 32.0 Å². The maximum atomic E-state index is 12.4. The van der Waals surface area contributed by atoms with E-state index in [1.165, 1.54) is 0 Å². The summed E-state index contributed by atoms with van der Waals surface area (Å²) < 4.78 is 5.40. The number of nitrogens with zero attached hydrogens (tertiary/aromatic N) is 2. The fourth-order valence-electron chi connectivity index (χ4n) is 2.54. The number of para-hydroxylation sites is 1. The number of phenolic OH excluding ortho intramolecular Hbond substituents is 1. The summed E-state index contributed by atoms with van der Waals surface area (Å²) in [6.07, 6.45) is 1.62. The van der Waals surface area contributed by atoms with Crippen molar-refractivity contribution in [3.8, 4) is 5.75 Å². The topological polar surface area (TPSA) is 56.9 Å². The van der Waals surface area contributed by atoms with E-state index < -0.39 is 0 Å². The zero-order valence-corrected chi connectivity index (χ0v) is 13.7. The van der Waals surface area contributed by atoms with Crippen LogP contribution in [-0.4, -0.2) is 40.4 Å². The first-order valence-electron chi connectivity index (χ1n) is 7.93. The number of rotatable bonds is 8. The number of hydrogen-bond donors (Lipinski definition) is 1. The van der Waals surface area contributed by atoms with Crippen molar-refractivity contribution < 1.29 is 14.3 Å². The van der Waals surface area contributed by atoms with E-state index in [4.69, 9.17) is 4.42 Å². The van der Waals surface area contributed by atoms with Gasteiger partial charge in [0.05, 0.1) is 19.4 Å². The molecule has 124 valence electrons. The molecule has 0 aliphatic carbocycles. The molecule has 1 aromatic heterocycles. The summed E-state index contributed by atoms with van der Waals surface area (Å²) in [5.74, 6) is 1.12. The Morgan fingerprint density at radius 3 is 2.43 bits per heavy atom. The molecule has 0 spiro atoms. The molecule has 0 radical (unpaired) electrons. The van der Waals surface area contributed by atoms with E-state index >= 15 is 0 Å². The SMILES string of the molecule is CCN(CC)C(=O)CN(Cc1ccco1)Cc1ccccc1O. The third-order valence-electron chi connectivity index (χ3n) is 3.82. The average molecular weight is 316 g/mol. The first kappa shape index (κ1) is 17.1. The predicted octanol–water partition coefficient (Wildman–Crippen LogP) is 2.86. The first-order chi connectivity index (χ1) is 11.1. The van der Waals surface area contributed by atoms with Gasteiger partial charge in [0, 0.05) is 25.2 Å². The maximum absolute atomic E-state index is 12.4. The number of hydrogen-bond acceptors (Lipinski definition) is 4. The van der Waals surface area contributed by atoms with Gasteiger partial charge in [-0.25, -0.2) is 0 Å². The number of benzene rings is 1. The van der Waals surface area contributed by atoms with E-state index in [2.05, 4.69) is 0 Å². The Bertz CT molecular complexity index is 606. The van der Waals surface area contributed by atoms with Gasteiger partial charge < -0.3 is 14.4 Å². The Morgan fingerprint density at radius 1 is 1.09 bits per heavy atom. The lowest BCUT2D eigenvalue weighted by Gasteiger charge is -2.25. The van der Waals surface area contributed by atoms with Crippen LogP contribution >= 0.6 is 0 Å². The van der Waals surface area contributed by atoms with Crippen molar-refractivity contribution in [1.82, 2.24) is 9.80 Å². The second-order valence-electron chi connectivity index (χ2n) is 5.42. The first-order valence-corrected chi connectivity index (χ1v) is 7.93. The van der Waals surface area contributed by atoms with E-state index in [9.17, 15) is 9.90 Å². The normalized spacial score (nSPS) is 10.9. The summed E-state index contributed by atoms with van der Waals surface area (Å²) >= 11 is 0. The minimum atomic E-state index is 0.0805. The summed E-state index contributed by atoms with van der Waals surface area (Å²) in [5.41, 5.74) is 0.798. The van der Waals surface area contributed by atoms with Gasteiger partial charge in [-0.15, -0.1) is 0 Å². The molecule has 0 saturated heterocycles. The molecule has 0 unspecified atom stereocenters. The molecule has 0 saturated carbocycles. The van der Waals surface area contributed by atoms with E-state index in [1.54, 1.807) is 23.3 Å². The van der Waals surface area contributed by atoms with Gasteiger partial charge in [-0.3, -0.25) is 9.69 Å². The van der Waals surface area contributed by atoms with E-state index in [1.807, 2.05) is 43.0 Å². The van der Waals surface area contributed by atoms with Crippen molar-refractivity contribution in [3.05, 3.63) is 54.0 Å². The van der Waals surface area contributed by atoms with E-state index in [0.29, 0.717) is 26.2 Å². The largest absolute Gasteiger partial charge is 0.508 e. The molecular weight excluding hydrogens is 292 g/mol. The Labute approximate surface area is 137 Å². The summed E-state index contributed by atoms with van der Waals surface area (Å²) in [6, 6.07) is 10.9. The fourth-order valence-corrected chi connectivity index (χ4v) is 2.54. The average Bonchev–Trinajstić information content (AvgIpc) is 3.03. The van der Waals surface area contributed by atoms with Gasteiger partial charge in [0.15, 0.2) is 0 Å². The Balaban J connectivity index is 2.11. The highest BCUT2D eigenvalue weighted by atomic mass is 16.3. The number of aromatic hydroxyl groups is 1. The number of furan rings is 1. The molecule has 0 aliphatic heterocycles. The molecule has 5 heteroatoms. The molecule has 0 fully saturated rings. The molecule has 2 aromatic rings. The lowest BCUT2D eigenvalue weighted by molar-refractivity contribution is -0.132. The highest BCUT2D eigenvalue weighted by molar-refractivity contribution is 5.78. The van der Waals surface area contributed by atoms with Crippen LogP contribution in [0.15, 0.2) is 47.1 Å². The lowest BCUT2D eigenvalue weighted by Crippen LogP contribution is -2.39. The van der Waals surface area contributed by atoms with Crippen LogP contribution in [0.1, 0.15) is 25.2 Å². The van der Waals surface area contributed by atoms with Gasteiger partial charge >= 0.3 is 0 Å². The van der Waals surface area contributed by atoms with Crippen LogP contribution in [0.25, 0.3) is 0 Å². The van der Waals surface area contributed by atoms with Crippen LogP contribution in [0, 0.1) is 0 Å². The summed E-state index contributed by atoms with van der Waals surface area (Å²) in [5, 5.41) is 9.98. The van der Waals surface area contributed by atoms with Crippen molar-refractivity contribution in [3.63, 3.8) is 0 Å². The molecule has 5 nitrogen and oxygen atoms in total. The summed E-state index contributed by atoms with van der Waals surface area (Å²) in [4.78, 5) is 16.2. The zero-order chi connectivity index (χ0) is 16.7. The quantitative estimate of drug-likeness (QED) is 0.813. The molecule has 2 rings (SSSR count).